The summed E-state index contributed by atoms with van der Waals surface area (Å²) in [5, 5.41) is 0. The van der Waals surface area contributed by atoms with Gasteiger partial charge in [0.2, 0.25) is 5.91 Å². The van der Waals surface area contributed by atoms with Crippen LogP contribution in [0.5, 0.6) is 5.75 Å². The second-order valence-electron chi connectivity index (χ2n) is 4.46. The molecule has 0 aliphatic heterocycles. The summed E-state index contributed by atoms with van der Waals surface area (Å²) >= 11 is 0. The van der Waals surface area contributed by atoms with Gasteiger partial charge in [0, 0.05) is 7.05 Å². The molecule has 2 N–H and O–H groups in total. The third-order valence-corrected chi connectivity index (χ3v) is 2.80. The first-order valence-corrected chi connectivity index (χ1v) is 6.43. The fourth-order valence-electron chi connectivity index (χ4n) is 1.66. The van der Waals surface area contributed by atoms with Crippen molar-refractivity contribution in [1.29, 1.82) is 0 Å². The molecule has 0 bridgehead atoms. The van der Waals surface area contributed by atoms with Gasteiger partial charge in [-0.3, -0.25) is 4.79 Å². The van der Waals surface area contributed by atoms with E-state index in [1.54, 1.807) is 24.1 Å². The van der Waals surface area contributed by atoms with E-state index in [2.05, 4.69) is 0 Å². The van der Waals surface area contributed by atoms with E-state index in [4.69, 9.17) is 10.5 Å². The maximum atomic E-state index is 12.7. The zero-order valence-corrected chi connectivity index (χ0v) is 11.4. The summed E-state index contributed by atoms with van der Waals surface area (Å²) in [5.74, 6) is 0.204. The molecule has 1 rings (SSSR count). The minimum absolute atomic E-state index is 0.0791. The highest BCUT2D eigenvalue weighted by Crippen LogP contribution is 2.10. The molecule has 0 fully saturated rings. The van der Waals surface area contributed by atoms with Gasteiger partial charge in [0.1, 0.15) is 18.2 Å². The molecule has 106 valence electrons. The van der Waals surface area contributed by atoms with Crippen molar-refractivity contribution in [3.63, 3.8) is 0 Å². The lowest BCUT2D eigenvalue weighted by atomic mass is 10.1. The number of likely N-dealkylation sites (N-methyl/N-ethyl adjacent to an activating group) is 1. The molecule has 0 radical (unpaired) electrons. The number of benzene rings is 1. The summed E-state index contributed by atoms with van der Waals surface area (Å²) in [5.41, 5.74) is 5.75. The van der Waals surface area contributed by atoms with Crippen LogP contribution in [-0.4, -0.2) is 37.0 Å². The highest BCUT2D eigenvalue weighted by Gasteiger charge is 2.16. The average Bonchev–Trinajstić information content (AvgIpc) is 2.40. The third kappa shape index (κ3) is 5.26. The Balaban J connectivity index is 2.32. The Kier molecular flexibility index (Phi) is 6.29. The molecule has 1 aromatic rings. The monoisotopic (exact) mass is 268 g/mol. The Labute approximate surface area is 113 Å². The van der Waals surface area contributed by atoms with E-state index in [0.29, 0.717) is 25.3 Å². The molecule has 0 aliphatic carbocycles. The van der Waals surface area contributed by atoms with Gasteiger partial charge in [-0.15, -0.1) is 0 Å². The molecule has 5 heteroatoms. The number of carbonyl (C=O) groups is 1. The van der Waals surface area contributed by atoms with Gasteiger partial charge in [0.25, 0.3) is 0 Å². The van der Waals surface area contributed by atoms with E-state index in [0.717, 1.165) is 6.42 Å². The van der Waals surface area contributed by atoms with Crippen LogP contribution in [0.4, 0.5) is 4.39 Å². The number of carbonyl (C=O) groups excluding carboxylic acids is 1. The van der Waals surface area contributed by atoms with Crippen LogP contribution in [0.25, 0.3) is 0 Å². The first kappa shape index (κ1) is 15.4. The number of nitrogens with zero attached hydrogens (tertiary/aromatic N) is 1. The lowest BCUT2D eigenvalue weighted by Gasteiger charge is -2.21. The summed E-state index contributed by atoms with van der Waals surface area (Å²) in [6.07, 6.45) is 1.56. The first-order chi connectivity index (χ1) is 9.04. The molecular weight excluding hydrogens is 247 g/mol. The van der Waals surface area contributed by atoms with Crippen molar-refractivity contribution in [3.8, 4) is 5.75 Å². The summed E-state index contributed by atoms with van der Waals surface area (Å²) in [6, 6.07) is 5.34. The van der Waals surface area contributed by atoms with Gasteiger partial charge in [-0.2, -0.15) is 0 Å². The molecule has 0 aromatic heterocycles. The van der Waals surface area contributed by atoms with Crippen LogP contribution < -0.4 is 10.5 Å². The van der Waals surface area contributed by atoms with E-state index in [1.165, 1.54) is 12.1 Å². The Bertz CT molecular complexity index is 395. The average molecular weight is 268 g/mol. The number of amides is 1. The highest BCUT2D eigenvalue weighted by molar-refractivity contribution is 5.81. The van der Waals surface area contributed by atoms with Crippen LogP contribution >= 0.6 is 0 Å². The summed E-state index contributed by atoms with van der Waals surface area (Å²) < 4.78 is 18.1. The smallest absolute Gasteiger partial charge is 0.239 e. The van der Waals surface area contributed by atoms with Crippen LogP contribution in [0.1, 0.15) is 19.8 Å². The Hall–Kier alpha value is -1.62. The van der Waals surface area contributed by atoms with Crippen molar-refractivity contribution in [1.82, 2.24) is 4.90 Å². The van der Waals surface area contributed by atoms with Gasteiger partial charge in [0.05, 0.1) is 12.6 Å². The van der Waals surface area contributed by atoms with Crippen molar-refractivity contribution in [3.05, 3.63) is 30.1 Å². The molecule has 19 heavy (non-hydrogen) atoms. The minimum Gasteiger partial charge on any atom is -0.492 e. The number of hydrogen-bond acceptors (Lipinski definition) is 3. The van der Waals surface area contributed by atoms with Crippen LogP contribution in [0.3, 0.4) is 0 Å². The maximum absolute atomic E-state index is 12.7. The number of rotatable bonds is 7. The maximum Gasteiger partial charge on any atom is 0.239 e. The van der Waals surface area contributed by atoms with Crippen molar-refractivity contribution in [2.24, 2.45) is 5.73 Å². The van der Waals surface area contributed by atoms with Crippen molar-refractivity contribution in [2.45, 2.75) is 25.8 Å². The molecule has 0 saturated heterocycles. The molecule has 0 aliphatic rings. The number of nitrogens with two attached hydrogens (primary N) is 1. The molecule has 0 saturated carbocycles. The van der Waals surface area contributed by atoms with Gasteiger partial charge in [0.15, 0.2) is 0 Å². The van der Waals surface area contributed by atoms with Gasteiger partial charge in [-0.05, 0) is 30.7 Å². The first-order valence-electron chi connectivity index (χ1n) is 6.43. The molecule has 1 aromatic carbocycles. The van der Waals surface area contributed by atoms with E-state index in [9.17, 15) is 9.18 Å². The molecule has 4 nitrogen and oxygen atoms in total. The van der Waals surface area contributed by atoms with Gasteiger partial charge >= 0.3 is 0 Å². The zero-order valence-electron chi connectivity index (χ0n) is 11.4. The fraction of sp³-hybridized carbons (Fsp3) is 0.500. The number of hydrogen-bond donors (Lipinski definition) is 1. The second-order valence-corrected chi connectivity index (χ2v) is 4.46. The Morgan fingerprint density at radius 3 is 2.63 bits per heavy atom. The highest BCUT2D eigenvalue weighted by atomic mass is 19.1. The van der Waals surface area contributed by atoms with Gasteiger partial charge in [-0.25, -0.2) is 4.39 Å². The van der Waals surface area contributed by atoms with Gasteiger partial charge in [-0.1, -0.05) is 13.3 Å². The van der Waals surface area contributed by atoms with Crippen LogP contribution in [-0.2, 0) is 4.79 Å². The topological polar surface area (TPSA) is 55.6 Å². The lowest BCUT2D eigenvalue weighted by molar-refractivity contribution is -0.131. The second kappa shape index (κ2) is 7.74. The summed E-state index contributed by atoms with van der Waals surface area (Å²) in [7, 11) is 1.70. The molecule has 1 atom stereocenters. The van der Waals surface area contributed by atoms with E-state index >= 15 is 0 Å². The van der Waals surface area contributed by atoms with Gasteiger partial charge < -0.3 is 15.4 Å². The van der Waals surface area contributed by atoms with Crippen molar-refractivity contribution < 1.29 is 13.9 Å². The number of ether oxygens (including phenoxy) is 1. The predicted octanol–water partition coefficient (Wildman–Crippen LogP) is 1.79. The predicted molar refractivity (Wildman–Crippen MR) is 72.4 cm³/mol. The van der Waals surface area contributed by atoms with Crippen LogP contribution in [0.2, 0.25) is 0 Å². The fourth-order valence-corrected chi connectivity index (χ4v) is 1.66. The minimum atomic E-state index is -0.444. The quantitative estimate of drug-likeness (QED) is 0.820. The molecule has 0 unspecified atom stereocenters. The molecule has 1 amide bonds. The third-order valence-electron chi connectivity index (χ3n) is 2.80. The summed E-state index contributed by atoms with van der Waals surface area (Å²) in [4.78, 5) is 13.4. The number of halogens is 1. The Morgan fingerprint density at radius 2 is 2.05 bits per heavy atom. The van der Waals surface area contributed by atoms with Crippen molar-refractivity contribution >= 4 is 5.91 Å². The van der Waals surface area contributed by atoms with E-state index in [1.807, 2.05) is 6.92 Å². The SMILES string of the molecule is CCC[C@H](N)C(=O)N(C)CCOc1ccc(F)cc1. The van der Waals surface area contributed by atoms with Crippen LogP contribution in [0.15, 0.2) is 24.3 Å². The van der Waals surface area contributed by atoms with E-state index < -0.39 is 6.04 Å². The zero-order chi connectivity index (χ0) is 14.3. The normalized spacial score (nSPS) is 12.0. The van der Waals surface area contributed by atoms with Crippen LogP contribution in [0, 0.1) is 5.82 Å². The molecule has 0 heterocycles. The molecule has 0 spiro atoms. The standard InChI is InChI=1S/C14H21FN2O2/c1-3-4-13(16)14(18)17(2)9-10-19-12-7-5-11(15)6-8-12/h5-8,13H,3-4,9-10,16H2,1-2H3/t13-/m0/s1. The Morgan fingerprint density at radius 1 is 1.42 bits per heavy atom. The largest absolute Gasteiger partial charge is 0.492 e. The lowest BCUT2D eigenvalue weighted by Crippen LogP contribution is -2.43. The van der Waals surface area contributed by atoms with Crippen molar-refractivity contribution in [2.75, 3.05) is 20.2 Å². The van der Waals surface area contributed by atoms with E-state index in [-0.39, 0.29) is 11.7 Å². The summed E-state index contributed by atoms with van der Waals surface area (Å²) in [6.45, 7) is 2.80. The molecular formula is C14H21FN2O2.